The summed E-state index contributed by atoms with van der Waals surface area (Å²) in [5.74, 6) is -0.0441. The zero-order valence-electron chi connectivity index (χ0n) is 21.7. The topological polar surface area (TPSA) is 101 Å². The Morgan fingerprint density at radius 1 is 1.00 bits per heavy atom. The van der Waals surface area contributed by atoms with E-state index >= 15 is 0 Å². The molecule has 0 radical (unpaired) electrons. The zero-order valence-corrected chi connectivity index (χ0v) is 22.5. The number of halogens is 3. The van der Waals surface area contributed by atoms with Crippen molar-refractivity contribution in [3.8, 4) is 11.1 Å². The molecule has 0 fully saturated rings. The van der Waals surface area contributed by atoms with Crippen LogP contribution in [-0.2, 0) is 28.0 Å². The summed E-state index contributed by atoms with van der Waals surface area (Å²) in [6.45, 7) is 5.50. The van der Waals surface area contributed by atoms with E-state index in [1.807, 2.05) is 48.5 Å². The van der Waals surface area contributed by atoms with Crippen LogP contribution in [0, 0.1) is 0 Å². The number of benzene rings is 2. The Hall–Kier alpha value is -3.73. The molecule has 11 heteroatoms. The lowest BCUT2D eigenvalue weighted by Gasteiger charge is -2.21. The number of amides is 1. The molecule has 0 unspecified atom stereocenters. The van der Waals surface area contributed by atoms with Gasteiger partial charge in [-0.05, 0) is 61.2 Å². The molecule has 0 spiro atoms. The smallest absolute Gasteiger partial charge is 0.417 e. The first-order valence-electron chi connectivity index (χ1n) is 12.1. The number of carbonyl (C=O) groups is 2. The molecule has 0 saturated heterocycles. The van der Waals surface area contributed by atoms with E-state index in [1.54, 1.807) is 20.8 Å². The predicted molar refractivity (Wildman–Crippen MR) is 145 cm³/mol. The van der Waals surface area contributed by atoms with Crippen LogP contribution in [0.15, 0.2) is 66.9 Å². The SMILES string of the molecule is CC(C)(C)OC(=O)N[C@@H](CSCc1ccc(-c2cccc(CNc3ccc(C(F)(F)F)cn3)c2)cc1)C(=O)O. The number of alkyl carbamates (subject to hydrolysis) is 1. The van der Waals surface area contributed by atoms with Gasteiger partial charge in [-0.3, -0.25) is 0 Å². The van der Waals surface area contributed by atoms with Crippen LogP contribution in [0.4, 0.5) is 23.8 Å². The molecule has 0 aliphatic heterocycles. The van der Waals surface area contributed by atoms with Crippen molar-refractivity contribution in [1.82, 2.24) is 10.3 Å². The number of pyridine rings is 1. The standard InChI is InChI=1S/C28H30F3N3O4S/c1-27(2,3)38-26(37)34-23(25(35)36)17-39-16-18-7-9-20(10-8-18)21-6-4-5-19(13-21)14-32-24-12-11-22(15-33-24)28(29,30)31/h4-13,15,23H,14,16-17H2,1-3H3,(H,32,33)(H,34,37)(H,35,36)/t23-/m0/s1. The van der Waals surface area contributed by atoms with Crippen LogP contribution in [-0.4, -0.2) is 39.5 Å². The number of rotatable bonds is 10. The summed E-state index contributed by atoms with van der Waals surface area (Å²) in [5, 5.41) is 14.8. The van der Waals surface area contributed by atoms with E-state index in [1.165, 1.54) is 17.8 Å². The third kappa shape index (κ3) is 9.82. The number of aromatic nitrogens is 1. The van der Waals surface area contributed by atoms with Crippen LogP contribution >= 0.6 is 11.8 Å². The van der Waals surface area contributed by atoms with E-state index in [4.69, 9.17) is 4.74 Å². The van der Waals surface area contributed by atoms with E-state index in [9.17, 15) is 27.9 Å². The van der Waals surface area contributed by atoms with Crippen LogP contribution in [0.3, 0.4) is 0 Å². The first kappa shape index (κ1) is 29.8. The fourth-order valence-corrected chi connectivity index (χ4v) is 4.44. The third-order valence-corrected chi connectivity index (χ3v) is 6.43. The molecule has 3 rings (SSSR count). The molecule has 0 bridgehead atoms. The molecular formula is C28H30F3N3O4S. The van der Waals surface area contributed by atoms with Crippen molar-refractivity contribution in [2.24, 2.45) is 0 Å². The fourth-order valence-electron chi connectivity index (χ4n) is 3.43. The van der Waals surface area contributed by atoms with Gasteiger partial charge in [0.15, 0.2) is 0 Å². The molecule has 39 heavy (non-hydrogen) atoms. The van der Waals surface area contributed by atoms with Gasteiger partial charge in [-0.15, -0.1) is 0 Å². The Morgan fingerprint density at radius 2 is 1.72 bits per heavy atom. The second kappa shape index (κ2) is 12.9. The van der Waals surface area contributed by atoms with Crippen molar-refractivity contribution in [1.29, 1.82) is 0 Å². The molecule has 1 amide bonds. The summed E-state index contributed by atoms with van der Waals surface area (Å²) in [7, 11) is 0. The van der Waals surface area contributed by atoms with Gasteiger partial charge in [-0.1, -0.05) is 42.5 Å². The van der Waals surface area contributed by atoms with Gasteiger partial charge in [-0.25, -0.2) is 14.6 Å². The van der Waals surface area contributed by atoms with E-state index in [0.29, 0.717) is 18.1 Å². The highest BCUT2D eigenvalue weighted by Gasteiger charge is 2.30. The van der Waals surface area contributed by atoms with E-state index in [2.05, 4.69) is 15.6 Å². The van der Waals surface area contributed by atoms with E-state index in [0.717, 1.165) is 34.5 Å². The molecule has 3 aromatic rings. The minimum atomic E-state index is -4.42. The summed E-state index contributed by atoms with van der Waals surface area (Å²) in [6.07, 6.45) is -4.39. The molecule has 1 aromatic heterocycles. The number of aliphatic carboxylic acids is 1. The van der Waals surface area contributed by atoms with E-state index < -0.39 is 35.4 Å². The maximum Gasteiger partial charge on any atom is 0.417 e. The Balaban J connectivity index is 1.53. The molecular weight excluding hydrogens is 531 g/mol. The van der Waals surface area contributed by atoms with Gasteiger partial charge in [0.1, 0.15) is 17.5 Å². The Bertz CT molecular complexity index is 1260. The van der Waals surface area contributed by atoms with Crippen molar-refractivity contribution in [2.75, 3.05) is 11.1 Å². The number of carbonyl (C=O) groups excluding carboxylic acids is 1. The highest BCUT2D eigenvalue weighted by Crippen LogP contribution is 2.29. The first-order chi connectivity index (χ1) is 18.3. The first-order valence-corrected chi connectivity index (χ1v) is 13.2. The molecule has 1 atom stereocenters. The lowest BCUT2D eigenvalue weighted by molar-refractivity contribution is -0.139. The van der Waals surface area contributed by atoms with Crippen molar-refractivity contribution in [3.05, 3.63) is 83.6 Å². The Labute approximate surface area is 229 Å². The molecule has 1 heterocycles. The number of nitrogens with one attached hydrogen (secondary N) is 2. The van der Waals surface area contributed by atoms with Crippen molar-refractivity contribution in [3.63, 3.8) is 0 Å². The normalized spacial score (nSPS) is 12.5. The minimum absolute atomic E-state index is 0.180. The molecule has 3 N–H and O–H groups in total. The molecule has 0 aliphatic rings. The molecule has 7 nitrogen and oxygen atoms in total. The molecule has 0 aliphatic carbocycles. The van der Waals surface area contributed by atoms with Crippen molar-refractivity contribution < 1.29 is 32.6 Å². The van der Waals surface area contributed by atoms with Crippen LogP contribution in [0.5, 0.6) is 0 Å². The maximum absolute atomic E-state index is 12.7. The highest BCUT2D eigenvalue weighted by molar-refractivity contribution is 7.98. The van der Waals surface area contributed by atoms with Crippen LogP contribution < -0.4 is 10.6 Å². The lowest BCUT2D eigenvalue weighted by atomic mass is 10.0. The van der Waals surface area contributed by atoms with Gasteiger partial charge in [0.05, 0.1) is 5.56 Å². The van der Waals surface area contributed by atoms with Gasteiger partial charge in [0.2, 0.25) is 0 Å². The number of carboxylic acids is 1. The quantitative estimate of drug-likeness (QED) is 0.257. The number of nitrogens with zero attached hydrogens (tertiary/aromatic N) is 1. The Kier molecular flexibility index (Phi) is 9.85. The average Bonchev–Trinajstić information content (AvgIpc) is 2.86. The summed E-state index contributed by atoms with van der Waals surface area (Å²) >= 11 is 1.39. The van der Waals surface area contributed by atoms with Gasteiger partial charge in [0.25, 0.3) is 0 Å². The molecule has 0 saturated carbocycles. The van der Waals surface area contributed by atoms with Crippen LogP contribution in [0.2, 0.25) is 0 Å². The van der Waals surface area contributed by atoms with Gasteiger partial charge in [-0.2, -0.15) is 24.9 Å². The molecule has 208 valence electrons. The van der Waals surface area contributed by atoms with Gasteiger partial charge >= 0.3 is 18.2 Å². The summed E-state index contributed by atoms with van der Waals surface area (Å²) < 4.78 is 43.3. The number of ether oxygens (including phenoxy) is 1. The maximum atomic E-state index is 12.7. The van der Waals surface area contributed by atoms with Crippen molar-refractivity contribution >= 4 is 29.6 Å². The minimum Gasteiger partial charge on any atom is -0.480 e. The number of thioether (sulfide) groups is 1. The zero-order chi connectivity index (χ0) is 28.6. The third-order valence-electron chi connectivity index (χ3n) is 5.32. The number of anilines is 1. The average molecular weight is 562 g/mol. The summed E-state index contributed by atoms with van der Waals surface area (Å²) in [6, 6.07) is 16.8. The highest BCUT2D eigenvalue weighted by atomic mass is 32.2. The Morgan fingerprint density at radius 3 is 2.31 bits per heavy atom. The second-order valence-corrected chi connectivity index (χ2v) is 10.8. The predicted octanol–water partition coefficient (Wildman–Crippen LogP) is 6.59. The number of hydrogen-bond donors (Lipinski definition) is 3. The number of carboxylic acid groups (broad SMARTS) is 1. The van der Waals surface area contributed by atoms with Crippen molar-refractivity contribution in [2.45, 2.75) is 50.9 Å². The fraction of sp³-hybridized carbons (Fsp3) is 0.321. The number of hydrogen-bond acceptors (Lipinski definition) is 6. The van der Waals surface area contributed by atoms with Crippen LogP contribution in [0.25, 0.3) is 11.1 Å². The monoisotopic (exact) mass is 561 g/mol. The van der Waals surface area contributed by atoms with Crippen LogP contribution in [0.1, 0.15) is 37.5 Å². The van der Waals surface area contributed by atoms with E-state index in [-0.39, 0.29) is 5.75 Å². The largest absolute Gasteiger partial charge is 0.480 e. The summed E-state index contributed by atoms with van der Waals surface area (Å²) in [5.41, 5.74) is 2.37. The number of alkyl halides is 3. The van der Waals surface area contributed by atoms with Gasteiger partial charge < -0.3 is 20.5 Å². The van der Waals surface area contributed by atoms with Gasteiger partial charge in [0, 0.05) is 24.2 Å². The summed E-state index contributed by atoms with van der Waals surface area (Å²) in [4.78, 5) is 27.3. The lowest BCUT2D eigenvalue weighted by Crippen LogP contribution is -2.44. The molecule has 2 aromatic carbocycles. The second-order valence-electron chi connectivity index (χ2n) is 9.73.